The molecule has 0 N–H and O–H groups in total. The number of carbonyl (C=O) groups excluding carboxylic acids is 1. The molecule has 0 aliphatic heterocycles. The molecule has 2 aromatic carbocycles. The van der Waals surface area contributed by atoms with Crippen molar-refractivity contribution >= 4 is 5.91 Å². The highest BCUT2D eigenvalue weighted by Crippen LogP contribution is 2.38. The van der Waals surface area contributed by atoms with Crippen LogP contribution in [0.4, 0.5) is 0 Å². The maximum atomic E-state index is 13.0. The van der Waals surface area contributed by atoms with E-state index in [-0.39, 0.29) is 11.9 Å². The molecule has 26 heavy (non-hydrogen) atoms. The first-order valence-corrected chi connectivity index (χ1v) is 8.57. The van der Waals surface area contributed by atoms with Gasteiger partial charge in [-0.2, -0.15) is 0 Å². The molecule has 2 aromatic rings. The number of hydrogen-bond donors (Lipinski definition) is 0. The molecule has 5 nitrogen and oxygen atoms in total. The molecule has 0 aromatic heterocycles. The molecule has 1 amide bonds. The molecule has 0 spiro atoms. The van der Waals surface area contributed by atoms with Gasteiger partial charge in [-0.1, -0.05) is 17.7 Å². The first kappa shape index (κ1) is 19.6. The minimum Gasteiger partial charge on any atom is -0.493 e. The van der Waals surface area contributed by atoms with Crippen LogP contribution < -0.4 is 14.2 Å². The van der Waals surface area contributed by atoms with Crippen molar-refractivity contribution in [2.24, 2.45) is 0 Å². The van der Waals surface area contributed by atoms with E-state index in [4.69, 9.17) is 14.2 Å². The molecule has 0 heterocycles. The zero-order valence-corrected chi connectivity index (χ0v) is 16.3. The van der Waals surface area contributed by atoms with Gasteiger partial charge < -0.3 is 19.1 Å². The Balaban J connectivity index is 2.37. The number of aryl methyl sites for hydroxylation is 1. The van der Waals surface area contributed by atoms with E-state index in [1.165, 1.54) is 0 Å². The van der Waals surface area contributed by atoms with Crippen LogP contribution in [-0.2, 0) is 6.54 Å². The summed E-state index contributed by atoms with van der Waals surface area (Å²) in [7, 11) is 4.74. The molecule has 0 fully saturated rings. The van der Waals surface area contributed by atoms with Gasteiger partial charge in [0.05, 0.1) is 21.3 Å². The summed E-state index contributed by atoms with van der Waals surface area (Å²) >= 11 is 0. The molecular formula is C21H27NO4. The zero-order chi connectivity index (χ0) is 19.3. The predicted octanol–water partition coefficient (Wildman–Crippen LogP) is 4.07. The van der Waals surface area contributed by atoms with E-state index in [1.54, 1.807) is 21.3 Å². The Bertz CT molecular complexity index is 745. The van der Waals surface area contributed by atoms with Crippen LogP contribution in [0.5, 0.6) is 17.2 Å². The third-order valence-corrected chi connectivity index (χ3v) is 4.23. The van der Waals surface area contributed by atoms with Gasteiger partial charge >= 0.3 is 0 Å². The molecule has 0 radical (unpaired) electrons. The summed E-state index contributed by atoms with van der Waals surface area (Å²) in [5.41, 5.74) is 2.66. The summed E-state index contributed by atoms with van der Waals surface area (Å²) in [6.07, 6.45) is 0. The fourth-order valence-electron chi connectivity index (χ4n) is 2.86. The largest absolute Gasteiger partial charge is 0.493 e. The summed E-state index contributed by atoms with van der Waals surface area (Å²) in [5.74, 6) is 1.69. The van der Waals surface area contributed by atoms with Crippen molar-refractivity contribution in [3.05, 3.63) is 53.1 Å². The van der Waals surface area contributed by atoms with E-state index in [0.717, 1.165) is 11.1 Å². The average Bonchev–Trinajstić information content (AvgIpc) is 2.64. The Hall–Kier alpha value is -2.69. The van der Waals surface area contributed by atoms with Crippen LogP contribution >= 0.6 is 0 Å². The van der Waals surface area contributed by atoms with E-state index >= 15 is 0 Å². The molecule has 5 heteroatoms. The molecule has 0 bridgehead atoms. The van der Waals surface area contributed by atoms with Gasteiger partial charge in [-0.3, -0.25) is 4.79 Å². The number of amides is 1. The number of ether oxygens (including phenoxy) is 3. The summed E-state index contributed by atoms with van der Waals surface area (Å²) in [6, 6.07) is 11.4. The quantitative estimate of drug-likeness (QED) is 0.749. The molecular weight excluding hydrogens is 330 g/mol. The summed E-state index contributed by atoms with van der Waals surface area (Å²) in [5, 5.41) is 0. The van der Waals surface area contributed by atoms with E-state index in [9.17, 15) is 4.79 Å². The lowest BCUT2D eigenvalue weighted by atomic mass is 10.1. The van der Waals surface area contributed by atoms with Crippen LogP contribution in [0.25, 0.3) is 0 Å². The number of hydrogen-bond acceptors (Lipinski definition) is 4. The van der Waals surface area contributed by atoms with Crippen LogP contribution in [0.2, 0.25) is 0 Å². The highest BCUT2D eigenvalue weighted by Gasteiger charge is 2.21. The fourth-order valence-corrected chi connectivity index (χ4v) is 2.86. The van der Waals surface area contributed by atoms with Crippen LogP contribution in [0.3, 0.4) is 0 Å². The molecule has 0 saturated carbocycles. The number of rotatable bonds is 7. The average molecular weight is 357 g/mol. The van der Waals surface area contributed by atoms with E-state index < -0.39 is 0 Å². The summed E-state index contributed by atoms with van der Waals surface area (Å²) in [4.78, 5) is 14.8. The Kier molecular flexibility index (Phi) is 6.50. The standard InChI is InChI=1S/C21H27NO4/c1-14(2)22(21(23)17-9-7-8-15(3)10-17)13-16-11-18(24-4)20(26-6)19(12-16)25-5/h7-12,14H,13H2,1-6H3. The second kappa shape index (κ2) is 8.61. The molecule has 2 rings (SSSR count). The lowest BCUT2D eigenvalue weighted by Gasteiger charge is -2.27. The number of methoxy groups -OCH3 is 3. The number of benzene rings is 2. The monoisotopic (exact) mass is 357 g/mol. The second-order valence-corrected chi connectivity index (χ2v) is 6.43. The third kappa shape index (κ3) is 4.28. The smallest absolute Gasteiger partial charge is 0.254 e. The lowest BCUT2D eigenvalue weighted by molar-refractivity contribution is 0.0690. The van der Waals surface area contributed by atoms with Crippen molar-refractivity contribution in [3.63, 3.8) is 0 Å². The first-order chi connectivity index (χ1) is 12.4. The van der Waals surface area contributed by atoms with Gasteiger partial charge in [0.15, 0.2) is 11.5 Å². The van der Waals surface area contributed by atoms with Gasteiger partial charge in [0.25, 0.3) is 5.91 Å². The highest BCUT2D eigenvalue weighted by molar-refractivity contribution is 5.94. The molecule has 0 saturated heterocycles. The van der Waals surface area contributed by atoms with Gasteiger partial charge in [-0.15, -0.1) is 0 Å². The van der Waals surface area contributed by atoms with Crippen molar-refractivity contribution in [1.29, 1.82) is 0 Å². The van der Waals surface area contributed by atoms with Crippen molar-refractivity contribution in [2.45, 2.75) is 33.4 Å². The predicted molar refractivity (Wildman–Crippen MR) is 102 cm³/mol. The minimum atomic E-state index is -0.00236. The molecule has 0 unspecified atom stereocenters. The van der Waals surface area contributed by atoms with E-state index in [1.807, 2.05) is 62.1 Å². The number of carbonyl (C=O) groups is 1. The molecule has 0 atom stereocenters. The van der Waals surface area contributed by atoms with E-state index in [2.05, 4.69) is 0 Å². The van der Waals surface area contributed by atoms with Crippen molar-refractivity contribution in [2.75, 3.05) is 21.3 Å². The van der Waals surface area contributed by atoms with Crippen LogP contribution in [0, 0.1) is 6.92 Å². The molecule has 140 valence electrons. The molecule has 0 aliphatic rings. The minimum absolute atomic E-state index is 0.00236. The Labute approximate surface area is 155 Å². The zero-order valence-electron chi connectivity index (χ0n) is 16.3. The van der Waals surface area contributed by atoms with Gasteiger partial charge in [-0.05, 0) is 50.6 Å². The van der Waals surface area contributed by atoms with Gasteiger partial charge in [0, 0.05) is 18.2 Å². The Morgan fingerprint density at radius 3 is 2.08 bits per heavy atom. The Morgan fingerprint density at radius 1 is 1.00 bits per heavy atom. The maximum absolute atomic E-state index is 13.0. The van der Waals surface area contributed by atoms with Crippen LogP contribution in [0.1, 0.15) is 35.3 Å². The maximum Gasteiger partial charge on any atom is 0.254 e. The summed E-state index contributed by atoms with van der Waals surface area (Å²) in [6.45, 7) is 6.44. The van der Waals surface area contributed by atoms with Crippen molar-refractivity contribution < 1.29 is 19.0 Å². The Morgan fingerprint density at radius 2 is 1.62 bits per heavy atom. The summed E-state index contributed by atoms with van der Waals surface area (Å²) < 4.78 is 16.2. The van der Waals surface area contributed by atoms with Crippen LogP contribution in [-0.4, -0.2) is 38.2 Å². The fraction of sp³-hybridized carbons (Fsp3) is 0.381. The second-order valence-electron chi connectivity index (χ2n) is 6.43. The highest BCUT2D eigenvalue weighted by atomic mass is 16.5. The number of nitrogens with zero attached hydrogens (tertiary/aromatic N) is 1. The van der Waals surface area contributed by atoms with Crippen LogP contribution in [0.15, 0.2) is 36.4 Å². The van der Waals surface area contributed by atoms with Crippen molar-refractivity contribution in [1.82, 2.24) is 4.90 Å². The SMILES string of the molecule is COc1cc(CN(C(=O)c2cccc(C)c2)C(C)C)cc(OC)c1OC. The lowest BCUT2D eigenvalue weighted by Crippen LogP contribution is -2.36. The first-order valence-electron chi connectivity index (χ1n) is 8.57. The van der Waals surface area contributed by atoms with Gasteiger partial charge in [0.2, 0.25) is 5.75 Å². The third-order valence-electron chi connectivity index (χ3n) is 4.23. The topological polar surface area (TPSA) is 48.0 Å². The van der Waals surface area contributed by atoms with Gasteiger partial charge in [0.1, 0.15) is 0 Å². The molecule has 0 aliphatic carbocycles. The normalized spacial score (nSPS) is 10.6. The van der Waals surface area contributed by atoms with E-state index in [0.29, 0.717) is 29.4 Å². The van der Waals surface area contributed by atoms with Gasteiger partial charge in [-0.25, -0.2) is 0 Å². The van der Waals surface area contributed by atoms with Crippen molar-refractivity contribution in [3.8, 4) is 17.2 Å².